The second kappa shape index (κ2) is 6.11. The molecular formula is C19H24O5. The van der Waals surface area contributed by atoms with Crippen LogP contribution < -0.4 is 0 Å². The summed E-state index contributed by atoms with van der Waals surface area (Å²) in [4.78, 5) is 24.6. The van der Waals surface area contributed by atoms with E-state index in [1.165, 1.54) is 0 Å². The summed E-state index contributed by atoms with van der Waals surface area (Å²) in [5, 5.41) is 0. The molecule has 3 rings (SSSR count). The molecule has 24 heavy (non-hydrogen) atoms. The zero-order chi connectivity index (χ0) is 17.5. The monoisotopic (exact) mass is 332 g/mol. The highest BCUT2D eigenvalue weighted by Gasteiger charge is 2.59. The molecule has 1 saturated carbocycles. The lowest BCUT2D eigenvalue weighted by molar-refractivity contribution is -0.140. The lowest BCUT2D eigenvalue weighted by atomic mass is 9.59. The Kier molecular flexibility index (Phi) is 4.28. The number of hydrogen-bond acceptors (Lipinski definition) is 5. The molecule has 1 aromatic heterocycles. The number of ether oxygens (including phenoxy) is 2. The van der Waals surface area contributed by atoms with E-state index in [0.29, 0.717) is 36.2 Å². The molecule has 2 aliphatic rings. The van der Waals surface area contributed by atoms with E-state index >= 15 is 0 Å². The Morgan fingerprint density at radius 2 is 1.79 bits per heavy atom. The molecule has 0 amide bonds. The molecule has 0 spiro atoms. The van der Waals surface area contributed by atoms with Crippen LogP contribution in [-0.4, -0.2) is 25.2 Å². The second-order valence-corrected chi connectivity index (χ2v) is 6.60. The van der Waals surface area contributed by atoms with Crippen LogP contribution in [0.3, 0.4) is 0 Å². The van der Waals surface area contributed by atoms with E-state index in [-0.39, 0.29) is 11.9 Å². The van der Waals surface area contributed by atoms with E-state index < -0.39 is 5.41 Å². The van der Waals surface area contributed by atoms with E-state index in [9.17, 15) is 9.59 Å². The predicted molar refractivity (Wildman–Crippen MR) is 87.8 cm³/mol. The van der Waals surface area contributed by atoms with Gasteiger partial charge >= 0.3 is 11.9 Å². The van der Waals surface area contributed by atoms with E-state index in [1.807, 2.05) is 6.92 Å². The zero-order valence-electron chi connectivity index (χ0n) is 14.7. The first kappa shape index (κ1) is 16.8. The first-order valence-electron chi connectivity index (χ1n) is 8.61. The molecular weight excluding hydrogens is 308 g/mol. The van der Waals surface area contributed by atoms with Crippen molar-refractivity contribution in [1.82, 2.24) is 0 Å². The second-order valence-electron chi connectivity index (χ2n) is 6.60. The van der Waals surface area contributed by atoms with Crippen molar-refractivity contribution in [3.8, 4) is 0 Å². The van der Waals surface area contributed by atoms with Gasteiger partial charge in [-0.25, -0.2) is 9.59 Å². The minimum absolute atomic E-state index is 0.264. The van der Waals surface area contributed by atoms with Gasteiger partial charge in [0.25, 0.3) is 0 Å². The standard InChI is InChI=1S/C19H24O5/c1-5-22-17(20)14-9-15(24-12(14)4)19(13-7-8-13)10-11(3)16(19)18(21)23-6-2/h9,13H,5-8,10H2,1-4H3. The Morgan fingerprint density at radius 1 is 1.17 bits per heavy atom. The topological polar surface area (TPSA) is 65.7 Å². The van der Waals surface area contributed by atoms with Gasteiger partial charge in [0, 0.05) is 0 Å². The van der Waals surface area contributed by atoms with Gasteiger partial charge in [0.2, 0.25) is 0 Å². The van der Waals surface area contributed by atoms with E-state index in [2.05, 4.69) is 0 Å². The lowest BCUT2D eigenvalue weighted by Gasteiger charge is -2.43. The lowest BCUT2D eigenvalue weighted by Crippen LogP contribution is -2.43. The number of aryl methyl sites for hydroxylation is 1. The van der Waals surface area contributed by atoms with E-state index in [1.54, 1.807) is 26.8 Å². The van der Waals surface area contributed by atoms with Crippen LogP contribution >= 0.6 is 0 Å². The molecule has 5 nitrogen and oxygen atoms in total. The highest BCUT2D eigenvalue weighted by atomic mass is 16.5. The Labute approximate surface area is 142 Å². The summed E-state index contributed by atoms with van der Waals surface area (Å²) >= 11 is 0. The normalized spacial score (nSPS) is 23.0. The maximum atomic E-state index is 12.5. The first-order chi connectivity index (χ1) is 11.5. The number of furan rings is 1. The average Bonchev–Trinajstić information content (AvgIpc) is 3.27. The Balaban J connectivity index is 2.01. The summed E-state index contributed by atoms with van der Waals surface area (Å²) in [6.45, 7) is 7.98. The van der Waals surface area contributed by atoms with Crippen molar-refractivity contribution >= 4 is 11.9 Å². The number of carbonyl (C=O) groups excluding carboxylic acids is 2. The predicted octanol–water partition coefficient (Wildman–Crippen LogP) is 3.70. The van der Waals surface area contributed by atoms with Crippen molar-refractivity contribution in [3.63, 3.8) is 0 Å². The summed E-state index contributed by atoms with van der Waals surface area (Å²) in [6.07, 6.45) is 2.90. The molecule has 0 radical (unpaired) electrons. The van der Waals surface area contributed by atoms with Crippen molar-refractivity contribution in [3.05, 3.63) is 34.3 Å². The summed E-state index contributed by atoms with van der Waals surface area (Å²) in [5.41, 5.74) is 1.77. The van der Waals surface area contributed by atoms with Crippen LogP contribution in [0, 0.1) is 12.8 Å². The summed E-state index contributed by atoms with van der Waals surface area (Å²) in [5.74, 6) is 0.963. The summed E-state index contributed by atoms with van der Waals surface area (Å²) < 4.78 is 16.3. The van der Waals surface area contributed by atoms with Gasteiger partial charge in [-0.3, -0.25) is 0 Å². The maximum Gasteiger partial charge on any atom is 0.341 e. The van der Waals surface area contributed by atoms with Gasteiger partial charge in [0.15, 0.2) is 0 Å². The molecule has 0 aliphatic heterocycles. The van der Waals surface area contributed by atoms with E-state index in [0.717, 1.165) is 30.4 Å². The number of rotatable bonds is 6. The van der Waals surface area contributed by atoms with Gasteiger partial charge in [0.1, 0.15) is 17.1 Å². The third kappa shape index (κ3) is 2.46. The van der Waals surface area contributed by atoms with Gasteiger partial charge in [-0.15, -0.1) is 0 Å². The molecule has 2 aliphatic carbocycles. The third-order valence-electron chi connectivity index (χ3n) is 5.02. The van der Waals surface area contributed by atoms with Crippen molar-refractivity contribution in [2.75, 3.05) is 13.2 Å². The number of esters is 2. The van der Waals surface area contributed by atoms with Gasteiger partial charge in [-0.1, -0.05) is 5.57 Å². The Morgan fingerprint density at radius 3 is 2.33 bits per heavy atom. The van der Waals surface area contributed by atoms with E-state index in [4.69, 9.17) is 13.9 Å². The molecule has 1 atom stereocenters. The molecule has 130 valence electrons. The molecule has 1 fully saturated rings. The Hall–Kier alpha value is -2.04. The first-order valence-corrected chi connectivity index (χ1v) is 8.61. The smallest absolute Gasteiger partial charge is 0.341 e. The summed E-state index contributed by atoms with van der Waals surface area (Å²) in [6, 6.07) is 1.76. The van der Waals surface area contributed by atoms with Crippen molar-refractivity contribution in [1.29, 1.82) is 0 Å². The highest BCUT2D eigenvalue weighted by Crippen LogP contribution is 2.61. The average molecular weight is 332 g/mol. The maximum absolute atomic E-state index is 12.5. The Bertz CT molecular complexity index is 707. The molecule has 0 N–H and O–H groups in total. The fourth-order valence-corrected chi connectivity index (χ4v) is 3.88. The van der Waals surface area contributed by atoms with Crippen LogP contribution in [0.25, 0.3) is 0 Å². The van der Waals surface area contributed by atoms with Gasteiger partial charge in [0.05, 0.1) is 24.2 Å². The van der Waals surface area contributed by atoms with Crippen molar-refractivity contribution < 1.29 is 23.5 Å². The minimum Gasteiger partial charge on any atom is -0.464 e. The molecule has 0 aromatic carbocycles. The van der Waals surface area contributed by atoms with Crippen molar-refractivity contribution in [2.24, 2.45) is 5.92 Å². The molecule has 0 saturated heterocycles. The highest BCUT2D eigenvalue weighted by molar-refractivity contribution is 5.96. The molecule has 5 heteroatoms. The number of carbonyl (C=O) groups is 2. The molecule has 1 heterocycles. The fraction of sp³-hybridized carbons (Fsp3) is 0.579. The van der Waals surface area contributed by atoms with Crippen LogP contribution in [0.2, 0.25) is 0 Å². The van der Waals surface area contributed by atoms with Crippen molar-refractivity contribution in [2.45, 2.75) is 52.4 Å². The van der Waals surface area contributed by atoms with Gasteiger partial charge in [-0.2, -0.15) is 0 Å². The molecule has 1 unspecified atom stereocenters. The van der Waals surface area contributed by atoms with Crippen LogP contribution in [0.4, 0.5) is 0 Å². The summed E-state index contributed by atoms with van der Waals surface area (Å²) in [7, 11) is 0. The third-order valence-corrected chi connectivity index (χ3v) is 5.02. The van der Waals surface area contributed by atoms with Gasteiger partial charge < -0.3 is 13.9 Å². The largest absolute Gasteiger partial charge is 0.464 e. The fourth-order valence-electron chi connectivity index (χ4n) is 3.88. The number of hydrogen-bond donors (Lipinski definition) is 0. The van der Waals surface area contributed by atoms with Crippen LogP contribution in [0.1, 0.15) is 61.9 Å². The SMILES string of the molecule is CCOC(=O)C1=C(C)CC1(c1cc(C(=O)OCC)c(C)o1)C1CC1. The molecule has 0 bridgehead atoms. The number of allylic oxidation sites excluding steroid dienone is 1. The minimum atomic E-state index is -0.439. The van der Waals surface area contributed by atoms with Crippen LogP contribution in [0.15, 0.2) is 21.6 Å². The van der Waals surface area contributed by atoms with Gasteiger partial charge in [-0.05, 0) is 58.9 Å². The van der Waals surface area contributed by atoms with Crippen LogP contribution in [0.5, 0.6) is 0 Å². The molecule has 1 aromatic rings. The zero-order valence-corrected chi connectivity index (χ0v) is 14.7. The van der Waals surface area contributed by atoms with Crippen LogP contribution in [-0.2, 0) is 19.7 Å². The quantitative estimate of drug-likeness (QED) is 0.743.